The van der Waals surface area contributed by atoms with Crippen LogP contribution in [0.4, 0.5) is 0 Å². The number of alkyl halides is 1. The largest absolute Gasteiger partial charge is 0.383 e. The first-order valence-corrected chi connectivity index (χ1v) is 7.72. The standard InChI is InChI=1S/C9H10Br3NO2S/c1-15-4-5(10)3-13-9(14)7-2-6(11)8(12)16-7/h2,5H,3-4H2,1H3,(H,13,14). The molecule has 90 valence electrons. The molecule has 0 aliphatic heterocycles. The summed E-state index contributed by atoms with van der Waals surface area (Å²) in [5.74, 6) is -0.0723. The molecule has 0 aromatic carbocycles. The topological polar surface area (TPSA) is 38.3 Å². The van der Waals surface area contributed by atoms with Gasteiger partial charge in [0.1, 0.15) is 0 Å². The minimum Gasteiger partial charge on any atom is -0.383 e. The summed E-state index contributed by atoms with van der Waals surface area (Å²) in [6.07, 6.45) is 0. The highest BCUT2D eigenvalue weighted by molar-refractivity contribution is 9.13. The van der Waals surface area contributed by atoms with E-state index >= 15 is 0 Å². The number of rotatable bonds is 5. The second kappa shape index (κ2) is 7.10. The van der Waals surface area contributed by atoms with Crippen molar-refractivity contribution in [3.8, 4) is 0 Å². The number of nitrogens with one attached hydrogen (secondary N) is 1. The van der Waals surface area contributed by atoms with Gasteiger partial charge in [0.05, 0.1) is 20.1 Å². The van der Waals surface area contributed by atoms with Gasteiger partial charge in [-0.2, -0.15) is 0 Å². The Bertz CT molecular complexity index is 350. The van der Waals surface area contributed by atoms with E-state index in [1.165, 1.54) is 11.3 Å². The Kier molecular flexibility index (Phi) is 6.50. The maximum absolute atomic E-state index is 11.7. The molecule has 1 rings (SSSR count). The molecule has 0 saturated heterocycles. The van der Waals surface area contributed by atoms with Crippen LogP contribution in [0.5, 0.6) is 0 Å². The van der Waals surface area contributed by atoms with Crippen LogP contribution in [0.15, 0.2) is 14.3 Å². The van der Waals surface area contributed by atoms with E-state index in [2.05, 4.69) is 53.1 Å². The van der Waals surface area contributed by atoms with Gasteiger partial charge in [0, 0.05) is 18.1 Å². The smallest absolute Gasteiger partial charge is 0.261 e. The summed E-state index contributed by atoms with van der Waals surface area (Å²) < 4.78 is 6.77. The number of methoxy groups -OCH3 is 1. The van der Waals surface area contributed by atoms with Crippen molar-refractivity contribution in [1.29, 1.82) is 0 Å². The predicted molar refractivity (Wildman–Crippen MR) is 76.6 cm³/mol. The summed E-state index contributed by atoms with van der Waals surface area (Å²) in [4.78, 5) is 12.5. The molecule has 0 fully saturated rings. The Balaban J connectivity index is 2.46. The lowest BCUT2D eigenvalue weighted by molar-refractivity contribution is 0.0954. The van der Waals surface area contributed by atoms with E-state index in [4.69, 9.17) is 4.74 Å². The first-order valence-electron chi connectivity index (χ1n) is 4.40. The van der Waals surface area contributed by atoms with Gasteiger partial charge in [0.15, 0.2) is 0 Å². The predicted octanol–water partition coefficient (Wildman–Crippen LogP) is 3.41. The second-order valence-electron chi connectivity index (χ2n) is 2.99. The molecule has 1 aromatic heterocycles. The van der Waals surface area contributed by atoms with E-state index in [-0.39, 0.29) is 10.7 Å². The van der Waals surface area contributed by atoms with Crippen LogP contribution in [0.1, 0.15) is 9.67 Å². The quantitative estimate of drug-likeness (QED) is 0.720. The summed E-state index contributed by atoms with van der Waals surface area (Å²) in [6, 6.07) is 1.80. The van der Waals surface area contributed by atoms with Crippen LogP contribution in [0.3, 0.4) is 0 Å². The second-order valence-corrected chi connectivity index (χ2v) is 7.51. The Labute approximate surface area is 123 Å². The molecule has 0 bridgehead atoms. The van der Waals surface area contributed by atoms with Crippen LogP contribution in [-0.4, -0.2) is 31.0 Å². The zero-order valence-corrected chi connectivity index (χ0v) is 14.0. The van der Waals surface area contributed by atoms with E-state index in [1.54, 1.807) is 13.2 Å². The van der Waals surface area contributed by atoms with Crippen molar-refractivity contribution >= 4 is 65.0 Å². The molecule has 0 saturated carbocycles. The van der Waals surface area contributed by atoms with E-state index in [9.17, 15) is 4.79 Å². The average Bonchev–Trinajstić information content (AvgIpc) is 2.56. The van der Waals surface area contributed by atoms with Crippen LogP contribution < -0.4 is 5.32 Å². The molecule has 1 aromatic rings. The van der Waals surface area contributed by atoms with Crippen LogP contribution in [0.25, 0.3) is 0 Å². The van der Waals surface area contributed by atoms with E-state index in [0.717, 1.165) is 8.26 Å². The van der Waals surface area contributed by atoms with Gasteiger partial charge < -0.3 is 10.1 Å². The van der Waals surface area contributed by atoms with Crippen molar-refractivity contribution in [3.63, 3.8) is 0 Å². The summed E-state index contributed by atoms with van der Waals surface area (Å²) in [6.45, 7) is 1.11. The zero-order chi connectivity index (χ0) is 12.1. The lowest BCUT2D eigenvalue weighted by Gasteiger charge is -2.08. The highest BCUT2D eigenvalue weighted by Crippen LogP contribution is 2.32. The van der Waals surface area contributed by atoms with Crippen molar-refractivity contribution in [1.82, 2.24) is 5.32 Å². The minimum atomic E-state index is -0.0723. The summed E-state index contributed by atoms with van der Waals surface area (Å²) in [5.41, 5.74) is 0. The fourth-order valence-electron chi connectivity index (χ4n) is 0.989. The summed E-state index contributed by atoms with van der Waals surface area (Å²) in [5, 5.41) is 2.83. The van der Waals surface area contributed by atoms with Crippen LogP contribution >= 0.6 is 59.1 Å². The number of hydrogen-bond acceptors (Lipinski definition) is 3. The van der Waals surface area contributed by atoms with Gasteiger partial charge in [-0.15, -0.1) is 11.3 Å². The maximum atomic E-state index is 11.7. The highest BCUT2D eigenvalue weighted by Gasteiger charge is 2.13. The minimum absolute atomic E-state index is 0.0723. The van der Waals surface area contributed by atoms with Gasteiger partial charge in [0.2, 0.25) is 0 Å². The van der Waals surface area contributed by atoms with Gasteiger partial charge in [-0.05, 0) is 37.9 Å². The first-order chi connectivity index (χ1) is 7.54. The molecule has 16 heavy (non-hydrogen) atoms. The third-order valence-electron chi connectivity index (χ3n) is 1.70. The van der Waals surface area contributed by atoms with Gasteiger partial charge in [0.25, 0.3) is 5.91 Å². The molecule has 1 atom stereocenters. The molecular formula is C9H10Br3NO2S. The van der Waals surface area contributed by atoms with Crippen molar-refractivity contribution in [2.24, 2.45) is 0 Å². The number of hydrogen-bond donors (Lipinski definition) is 1. The molecule has 0 aliphatic rings. The summed E-state index contributed by atoms with van der Waals surface area (Å²) >= 11 is 11.5. The average molecular weight is 436 g/mol. The monoisotopic (exact) mass is 433 g/mol. The molecular weight excluding hydrogens is 426 g/mol. The molecule has 1 unspecified atom stereocenters. The first kappa shape index (κ1) is 14.6. The van der Waals surface area contributed by atoms with Crippen LogP contribution in [-0.2, 0) is 4.74 Å². The Morgan fingerprint density at radius 2 is 2.31 bits per heavy atom. The van der Waals surface area contributed by atoms with Crippen molar-refractivity contribution < 1.29 is 9.53 Å². The fraction of sp³-hybridized carbons (Fsp3) is 0.444. The number of amides is 1. The molecule has 1 heterocycles. The fourth-order valence-corrected chi connectivity index (χ4v) is 3.37. The summed E-state index contributed by atoms with van der Waals surface area (Å²) in [7, 11) is 1.63. The number of halogens is 3. The maximum Gasteiger partial charge on any atom is 0.261 e. The number of carbonyl (C=O) groups is 1. The van der Waals surface area contributed by atoms with Gasteiger partial charge in [-0.1, -0.05) is 15.9 Å². The van der Waals surface area contributed by atoms with Crippen molar-refractivity contribution in [2.75, 3.05) is 20.3 Å². The van der Waals surface area contributed by atoms with Crippen molar-refractivity contribution in [2.45, 2.75) is 4.83 Å². The van der Waals surface area contributed by atoms with E-state index in [0.29, 0.717) is 18.0 Å². The number of carbonyl (C=O) groups excluding carboxylic acids is 1. The lowest BCUT2D eigenvalue weighted by atomic mass is 10.4. The third kappa shape index (κ3) is 4.44. The van der Waals surface area contributed by atoms with Gasteiger partial charge in [-0.3, -0.25) is 4.79 Å². The molecule has 1 N–H and O–H groups in total. The Hall–Kier alpha value is 0.570. The molecule has 0 radical (unpaired) electrons. The number of ether oxygens (including phenoxy) is 1. The molecule has 1 amide bonds. The normalized spacial score (nSPS) is 12.5. The Morgan fingerprint density at radius 1 is 1.62 bits per heavy atom. The van der Waals surface area contributed by atoms with Gasteiger partial charge >= 0.3 is 0 Å². The van der Waals surface area contributed by atoms with Crippen LogP contribution in [0.2, 0.25) is 0 Å². The highest BCUT2D eigenvalue weighted by atomic mass is 79.9. The third-order valence-corrected chi connectivity index (χ3v) is 5.54. The zero-order valence-electron chi connectivity index (χ0n) is 8.43. The molecule has 7 heteroatoms. The lowest BCUT2D eigenvalue weighted by Crippen LogP contribution is -2.30. The van der Waals surface area contributed by atoms with Crippen molar-refractivity contribution in [3.05, 3.63) is 19.2 Å². The Morgan fingerprint density at radius 3 is 2.81 bits per heavy atom. The van der Waals surface area contributed by atoms with E-state index < -0.39 is 0 Å². The molecule has 3 nitrogen and oxygen atoms in total. The SMILES string of the molecule is COCC(Br)CNC(=O)c1cc(Br)c(Br)s1. The molecule has 0 aliphatic carbocycles. The van der Waals surface area contributed by atoms with Gasteiger partial charge in [-0.25, -0.2) is 0 Å². The van der Waals surface area contributed by atoms with E-state index in [1.807, 2.05) is 0 Å². The van der Waals surface area contributed by atoms with Crippen LogP contribution in [0, 0.1) is 0 Å². The number of thiophene rings is 1. The molecule has 0 spiro atoms.